The molecule has 2 atom stereocenters. The molecule has 5 heteroatoms. The Labute approximate surface area is 79.7 Å². The van der Waals surface area contributed by atoms with E-state index in [1.54, 1.807) is 11.8 Å². The minimum absolute atomic E-state index is 0.0762. The van der Waals surface area contributed by atoms with E-state index in [0.717, 1.165) is 5.75 Å². The zero-order valence-electron chi connectivity index (χ0n) is 7.18. The second kappa shape index (κ2) is 4.55. The maximum Gasteiger partial charge on any atom is 0.389 e. The molecule has 0 aromatic rings. The van der Waals surface area contributed by atoms with Gasteiger partial charge in [0.15, 0.2) is 0 Å². The molecule has 2 unspecified atom stereocenters. The van der Waals surface area contributed by atoms with Gasteiger partial charge in [0.1, 0.15) is 0 Å². The molecule has 0 aromatic heterocycles. The summed E-state index contributed by atoms with van der Waals surface area (Å²) in [6, 6.07) is 0. The van der Waals surface area contributed by atoms with Gasteiger partial charge >= 0.3 is 6.18 Å². The summed E-state index contributed by atoms with van der Waals surface area (Å²) >= 11 is 1.62. The van der Waals surface area contributed by atoms with Crippen molar-refractivity contribution in [3.05, 3.63) is 0 Å². The molecule has 78 valence electrons. The molecule has 1 heterocycles. The monoisotopic (exact) mass is 214 g/mol. The predicted octanol–water partition coefficient (Wildman–Crippen LogP) is 2.44. The molecule has 1 nitrogen and oxygen atoms in total. The van der Waals surface area contributed by atoms with Gasteiger partial charge in [-0.2, -0.15) is 24.9 Å². The van der Waals surface area contributed by atoms with Gasteiger partial charge in [-0.1, -0.05) is 0 Å². The SMILES string of the molecule is OC1CSCC1CCCC(F)(F)F. The first kappa shape index (κ1) is 11.2. The average Bonchev–Trinajstić information content (AvgIpc) is 2.34. The molecule has 0 aliphatic carbocycles. The second-order valence-corrected chi connectivity index (χ2v) is 4.45. The van der Waals surface area contributed by atoms with Crippen LogP contribution in [0.5, 0.6) is 0 Å². The molecule has 0 amide bonds. The minimum Gasteiger partial charge on any atom is -0.392 e. The Hall–Kier alpha value is 0.100. The van der Waals surface area contributed by atoms with Gasteiger partial charge in [-0.05, 0) is 24.5 Å². The molecule has 1 fully saturated rings. The van der Waals surface area contributed by atoms with Crippen LogP contribution < -0.4 is 0 Å². The third-order valence-corrected chi connectivity index (χ3v) is 3.44. The van der Waals surface area contributed by atoms with Crippen LogP contribution in [0, 0.1) is 5.92 Å². The molecule has 1 aliphatic rings. The van der Waals surface area contributed by atoms with Crippen molar-refractivity contribution in [2.75, 3.05) is 11.5 Å². The highest BCUT2D eigenvalue weighted by Gasteiger charge is 2.29. The fourth-order valence-corrected chi connectivity index (χ4v) is 2.77. The van der Waals surface area contributed by atoms with Crippen molar-refractivity contribution in [3.8, 4) is 0 Å². The molecule has 13 heavy (non-hydrogen) atoms. The number of alkyl halides is 3. The fraction of sp³-hybridized carbons (Fsp3) is 1.00. The van der Waals surface area contributed by atoms with Crippen LogP contribution in [0.3, 0.4) is 0 Å². The van der Waals surface area contributed by atoms with Crippen molar-refractivity contribution in [3.63, 3.8) is 0 Å². The minimum atomic E-state index is -4.04. The van der Waals surface area contributed by atoms with E-state index in [9.17, 15) is 18.3 Å². The molecule has 1 saturated heterocycles. The van der Waals surface area contributed by atoms with Crippen molar-refractivity contribution in [2.45, 2.75) is 31.5 Å². The fourth-order valence-electron chi connectivity index (χ4n) is 1.43. The number of aliphatic hydroxyl groups is 1. The number of hydrogen-bond donors (Lipinski definition) is 1. The standard InChI is InChI=1S/C8H13F3OS/c9-8(10,11)3-1-2-6-4-13-5-7(6)12/h6-7,12H,1-5H2. The average molecular weight is 214 g/mol. The van der Waals surface area contributed by atoms with E-state index < -0.39 is 18.7 Å². The first-order chi connectivity index (χ1) is 5.99. The van der Waals surface area contributed by atoms with Gasteiger partial charge in [-0.15, -0.1) is 0 Å². The largest absolute Gasteiger partial charge is 0.392 e. The number of thioether (sulfide) groups is 1. The van der Waals surface area contributed by atoms with Crippen LogP contribution in [-0.4, -0.2) is 28.9 Å². The molecule has 0 radical (unpaired) electrons. The Morgan fingerprint density at radius 1 is 1.31 bits per heavy atom. The maximum absolute atomic E-state index is 11.8. The molecular formula is C8H13F3OS. The molecule has 0 aromatic carbocycles. The summed E-state index contributed by atoms with van der Waals surface area (Å²) in [5, 5.41) is 9.32. The first-order valence-corrected chi connectivity index (χ1v) is 5.47. The zero-order valence-corrected chi connectivity index (χ0v) is 8.00. The summed E-state index contributed by atoms with van der Waals surface area (Å²) in [7, 11) is 0. The summed E-state index contributed by atoms with van der Waals surface area (Å²) in [6.07, 6.45) is -4.52. The van der Waals surface area contributed by atoms with Gasteiger partial charge in [0.25, 0.3) is 0 Å². The van der Waals surface area contributed by atoms with E-state index in [2.05, 4.69) is 0 Å². The zero-order chi connectivity index (χ0) is 9.90. The summed E-state index contributed by atoms with van der Waals surface area (Å²) in [5.74, 6) is 1.56. The van der Waals surface area contributed by atoms with Gasteiger partial charge in [0.2, 0.25) is 0 Å². The maximum atomic E-state index is 11.8. The van der Waals surface area contributed by atoms with Crippen molar-refractivity contribution in [1.82, 2.24) is 0 Å². The van der Waals surface area contributed by atoms with Gasteiger partial charge in [-0.3, -0.25) is 0 Å². The third kappa shape index (κ3) is 4.22. The molecule has 1 rings (SSSR count). The lowest BCUT2D eigenvalue weighted by molar-refractivity contribution is -0.136. The van der Waals surface area contributed by atoms with Gasteiger partial charge in [-0.25, -0.2) is 0 Å². The Balaban J connectivity index is 2.12. The van der Waals surface area contributed by atoms with Crippen molar-refractivity contribution in [2.24, 2.45) is 5.92 Å². The predicted molar refractivity (Wildman–Crippen MR) is 46.7 cm³/mol. The molecule has 1 aliphatic heterocycles. The molecule has 0 saturated carbocycles. The summed E-state index contributed by atoms with van der Waals surface area (Å²) in [6.45, 7) is 0. The highest BCUT2D eigenvalue weighted by atomic mass is 32.2. The lowest BCUT2D eigenvalue weighted by Gasteiger charge is -2.13. The number of rotatable bonds is 3. The lowest BCUT2D eigenvalue weighted by atomic mass is 9.99. The van der Waals surface area contributed by atoms with Gasteiger partial charge < -0.3 is 5.11 Å². The number of halogens is 3. The summed E-state index contributed by atoms with van der Waals surface area (Å²) < 4.78 is 35.3. The van der Waals surface area contributed by atoms with Gasteiger partial charge in [0.05, 0.1) is 6.10 Å². The quantitative estimate of drug-likeness (QED) is 0.778. The topological polar surface area (TPSA) is 20.2 Å². The van der Waals surface area contributed by atoms with Crippen LogP contribution in [0.1, 0.15) is 19.3 Å². The molecule has 0 spiro atoms. The summed E-state index contributed by atoms with van der Waals surface area (Å²) in [5.41, 5.74) is 0. The summed E-state index contributed by atoms with van der Waals surface area (Å²) in [4.78, 5) is 0. The van der Waals surface area contributed by atoms with Crippen LogP contribution in [0.2, 0.25) is 0 Å². The van der Waals surface area contributed by atoms with Crippen molar-refractivity contribution in [1.29, 1.82) is 0 Å². The number of hydrogen-bond acceptors (Lipinski definition) is 2. The van der Waals surface area contributed by atoms with E-state index in [-0.39, 0.29) is 12.3 Å². The van der Waals surface area contributed by atoms with Crippen LogP contribution in [-0.2, 0) is 0 Å². The highest BCUT2D eigenvalue weighted by Crippen LogP contribution is 2.30. The van der Waals surface area contributed by atoms with Gasteiger partial charge in [0, 0.05) is 12.2 Å². The first-order valence-electron chi connectivity index (χ1n) is 4.31. The Bertz CT molecular complexity index is 160. The van der Waals surface area contributed by atoms with E-state index in [1.807, 2.05) is 0 Å². The molecule has 0 bridgehead atoms. The molecule has 1 N–H and O–H groups in total. The van der Waals surface area contributed by atoms with Crippen molar-refractivity contribution < 1.29 is 18.3 Å². The normalized spacial score (nSPS) is 29.5. The van der Waals surface area contributed by atoms with E-state index >= 15 is 0 Å². The highest BCUT2D eigenvalue weighted by molar-refractivity contribution is 7.99. The smallest absolute Gasteiger partial charge is 0.389 e. The third-order valence-electron chi connectivity index (χ3n) is 2.20. The van der Waals surface area contributed by atoms with Crippen LogP contribution >= 0.6 is 11.8 Å². The van der Waals surface area contributed by atoms with Crippen LogP contribution in [0.4, 0.5) is 13.2 Å². The van der Waals surface area contributed by atoms with Crippen molar-refractivity contribution >= 4 is 11.8 Å². The van der Waals surface area contributed by atoms with E-state index in [0.29, 0.717) is 12.2 Å². The molecular weight excluding hydrogens is 201 g/mol. The van der Waals surface area contributed by atoms with Crippen LogP contribution in [0.25, 0.3) is 0 Å². The second-order valence-electron chi connectivity index (χ2n) is 3.37. The Morgan fingerprint density at radius 2 is 2.00 bits per heavy atom. The number of aliphatic hydroxyl groups excluding tert-OH is 1. The lowest BCUT2D eigenvalue weighted by Crippen LogP contribution is -2.18. The van der Waals surface area contributed by atoms with E-state index in [4.69, 9.17) is 0 Å². The van der Waals surface area contributed by atoms with E-state index in [1.165, 1.54) is 0 Å². The van der Waals surface area contributed by atoms with Crippen LogP contribution in [0.15, 0.2) is 0 Å². The Morgan fingerprint density at radius 3 is 2.46 bits per heavy atom. The Kier molecular flexibility index (Phi) is 3.91.